The smallest absolute Gasteiger partial charge is 0.223 e. The maximum atomic E-state index is 11.6. The average molecular weight is 179 g/mol. The summed E-state index contributed by atoms with van der Waals surface area (Å²) in [7, 11) is 0. The minimum absolute atomic E-state index is 0.351. The zero-order valence-electron chi connectivity index (χ0n) is 7.96. The molecule has 13 heavy (non-hydrogen) atoms. The number of hydrogen-bond acceptors (Lipinski definition) is 1. The van der Waals surface area contributed by atoms with Gasteiger partial charge in [0.1, 0.15) is 0 Å². The molecule has 2 heteroatoms. The van der Waals surface area contributed by atoms with Crippen LogP contribution in [-0.4, -0.2) is 11.9 Å². The minimum atomic E-state index is 0.351. The Morgan fingerprint density at radius 3 is 1.92 bits per heavy atom. The molecule has 3 rings (SSSR count). The maximum absolute atomic E-state index is 11.6. The molecule has 0 aromatic heterocycles. The normalized spacial score (nSPS) is 27.8. The van der Waals surface area contributed by atoms with E-state index in [0.29, 0.717) is 17.9 Å². The highest BCUT2D eigenvalue weighted by molar-refractivity contribution is 5.81. The van der Waals surface area contributed by atoms with E-state index in [0.717, 1.165) is 24.7 Å². The highest BCUT2D eigenvalue weighted by Crippen LogP contribution is 2.45. The molecule has 0 radical (unpaired) electrons. The van der Waals surface area contributed by atoms with E-state index < -0.39 is 0 Å². The molecule has 3 fully saturated rings. The van der Waals surface area contributed by atoms with Crippen molar-refractivity contribution in [3.63, 3.8) is 0 Å². The Balaban J connectivity index is 1.57. The predicted octanol–water partition coefficient (Wildman–Crippen LogP) is 1.70. The fourth-order valence-corrected chi connectivity index (χ4v) is 2.16. The van der Waals surface area contributed by atoms with E-state index >= 15 is 0 Å². The first-order chi connectivity index (χ1) is 6.34. The third-order valence-corrected chi connectivity index (χ3v) is 3.52. The molecule has 1 amide bonds. The Morgan fingerprint density at radius 2 is 1.54 bits per heavy atom. The van der Waals surface area contributed by atoms with E-state index in [1.807, 2.05) is 0 Å². The molecule has 3 saturated carbocycles. The molecule has 72 valence electrons. The van der Waals surface area contributed by atoms with Crippen molar-refractivity contribution in [1.82, 2.24) is 5.32 Å². The number of amides is 1. The molecule has 0 unspecified atom stereocenters. The van der Waals surface area contributed by atoms with Gasteiger partial charge in [-0.2, -0.15) is 0 Å². The molecule has 0 aromatic carbocycles. The van der Waals surface area contributed by atoms with Crippen LogP contribution in [0.3, 0.4) is 0 Å². The lowest BCUT2D eigenvalue weighted by molar-refractivity contribution is -0.123. The van der Waals surface area contributed by atoms with Gasteiger partial charge in [-0.05, 0) is 50.4 Å². The van der Waals surface area contributed by atoms with Crippen LogP contribution >= 0.6 is 0 Å². The van der Waals surface area contributed by atoms with Gasteiger partial charge in [0.05, 0.1) is 0 Å². The summed E-state index contributed by atoms with van der Waals surface area (Å²) in [6.07, 6.45) is 7.68. The highest BCUT2D eigenvalue weighted by atomic mass is 16.2. The number of carbonyl (C=O) groups is 1. The van der Waals surface area contributed by atoms with Crippen LogP contribution in [0.4, 0.5) is 0 Å². The molecule has 3 aliphatic carbocycles. The van der Waals surface area contributed by atoms with Gasteiger partial charge in [-0.1, -0.05) is 0 Å². The molecule has 0 heterocycles. The van der Waals surface area contributed by atoms with E-state index in [1.165, 1.54) is 25.7 Å². The Morgan fingerprint density at radius 1 is 1.00 bits per heavy atom. The van der Waals surface area contributed by atoms with Crippen molar-refractivity contribution in [3.8, 4) is 0 Å². The first-order valence-corrected chi connectivity index (χ1v) is 5.65. The largest absolute Gasteiger partial charge is 0.353 e. The van der Waals surface area contributed by atoms with Crippen LogP contribution in [0.2, 0.25) is 0 Å². The number of carbonyl (C=O) groups excluding carboxylic acids is 1. The van der Waals surface area contributed by atoms with Crippen LogP contribution in [0.25, 0.3) is 0 Å². The number of hydrogen-bond donors (Lipinski definition) is 1. The van der Waals surface area contributed by atoms with E-state index in [-0.39, 0.29) is 0 Å². The van der Waals surface area contributed by atoms with Gasteiger partial charge in [0.2, 0.25) is 5.91 Å². The molecule has 0 atom stereocenters. The molecule has 2 nitrogen and oxygen atoms in total. The molecule has 1 N–H and O–H groups in total. The summed E-state index contributed by atoms with van der Waals surface area (Å²) < 4.78 is 0. The fraction of sp³-hybridized carbons (Fsp3) is 0.909. The Hall–Kier alpha value is -0.530. The van der Waals surface area contributed by atoms with Crippen molar-refractivity contribution < 1.29 is 4.79 Å². The Labute approximate surface area is 79.1 Å². The lowest BCUT2D eigenvalue weighted by atomic mass is 10.1. The molecule has 0 aliphatic heterocycles. The molecule has 0 aromatic rings. The standard InChI is InChI=1S/C11H17NO/c13-11(9-5-6-9)12-10(7-1-2-7)8-3-4-8/h7-10H,1-6H2,(H,12,13). The fourth-order valence-electron chi connectivity index (χ4n) is 2.16. The number of rotatable bonds is 4. The van der Waals surface area contributed by atoms with Crippen molar-refractivity contribution >= 4 is 5.91 Å². The van der Waals surface area contributed by atoms with Crippen LogP contribution in [0.15, 0.2) is 0 Å². The summed E-state index contributed by atoms with van der Waals surface area (Å²) in [5.74, 6) is 2.43. The topological polar surface area (TPSA) is 29.1 Å². The third kappa shape index (κ3) is 1.72. The third-order valence-electron chi connectivity index (χ3n) is 3.52. The maximum Gasteiger partial charge on any atom is 0.223 e. The van der Waals surface area contributed by atoms with Gasteiger partial charge in [-0.15, -0.1) is 0 Å². The quantitative estimate of drug-likeness (QED) is 0.699. The molecular weight excluding hydrogens is 162 g/mol. The average Bonchev–Trinajstić information content (AvgIpc) is 3.05. The lowest BCUT2D eigenvalue weighted by Gasteiger charge is -2.17. The summed E-state index contributed by atoms with van der Waals surface area (Å²) >= 11 is 0. The summed E-state index contributed by atoms with van der Waals surface area (Å²) in [4.78, 5) is 11.6. The van der Waals surface area contributed by atoms with Gasteiger partial charge >= 0.3 is 0 Å². The Kier molecular flexibility index (Phi) is 1.64. The molecule has 3 aliphatic rings. The lowest BCUT2D eigenvalue weighted by Crippen LogP contribution is -2.38. The van der Waals surface area contributed by atoms with Gasteiger partial charge in [-0.25, -0.2) is 0 Å². The highest BCUT2D eigenvalue weighted by Gasteiger charge is 2.43. The molecule has 0 saturated heterocycles. The van der Waals surface area contributed by atoms with Crippen molar-refractivity contribution in [2.24, 2.45) is 17.8 Å². The minimum Gasteiger partial charge on any atom is -0.353 e. The van der Waals surface area contributed by atoms with Crippen LogP contribution in [0.5, 0.6) is 0 Å². The van der Waals surface area contributed by atoms with Crippen molar-refractivity contribution in [1.29, 1.82) is 0 Å². The van der Waals surface area contributed by atoms with Crippen molar-refractivity contribution in [3.05, 3.63) is 0 Å². The summed E-state index contributed by atoms with van der Waals surface area (Å²) in [6.45, 7) is 0. The first-order valence-electron chi connectivity index (χ1n) is 5.65. The van der Waals surface area contributed by atoms with E-state index in [2.05, 4.69) is 5.32 Å². The van der Waals surface area contributed by atoms with Crippen LogP contribution in [0, 0.1) is 17.8 Å². The van der Waals surface area contributed by atoms with Crippen LogP contribution < -0.4 is 5.32 Å². The van der Waals surface area contributed by atoms with Crippen molar-refractivity contribution in [2.45, 2.75) is 44.6 Å². The summed E-state index contributed by atoms with van der Waals surface area (Å²) in [5.41, 5.74) is 0. The second-order valence-corrected chi connectivity index (χ2v) is 4.98. The second kappa shape index (κ2) is 2.73. The van der Waals surface area contributed by atoms with Crippen molar-refractivity contribution in [2.75, 3.05) is 0 Å². The van der Waals surface area contributed by atoms with E-state index in [1.54, 1.807) is 0 Å². The van der Waals surface area contributed by atoms with Gasteiger partial charge in [0.15, 0.2) is 0 Å². The number of nitrogens with one attached hydrogen (secondary N) is 1. The van der Waals surface area contributed by atoms with Gasteiger partial charge in [0.25, 0.3) is 0 Å². The summed E-state index contributed by atoms with van der Waals surface area (Å²) in [6, 6.07) is 0.563. The van der Waals surface area contributed by atoms with Gasteiger partial charge in [-0.3, -0.25) is 4.79 Å². The van der Waals surface area contributed by atoms with Crippen LogP contribution in [0.1, 0.15) is 38.5 Å². The Bertz CT molecular complexity index is 214. The molecule has 0 bridgehead atoms. The zero-order valence-corrected chi connectivity index (χ0v) is 7.96. The molecular formula is C11H17NO. The monoisotopic (exact) mass is 179 g/mol. The first kappa shape index (κ1) is 7.84. The molecule has 0 spiro atoms. The zero-order chi connectivity index (χ0) is 8.84. The summed E-state index contributed by atoms with van der Waals surface area (Å²) in [5, 5.41) is 3.26. The second-order valence-electron chi connectivity index (χ2n) is 4.98. The van der Waals surface area contributed by atoms with E-state index in [4.69, 9.17) is 0 Å². The van der Waals surface area contributed by atoms with Crippen LogP contribution in [-0.2, 0) is 4.79 Å². The predicted molar refractivity (Wildman–Crippen MR) is 50.1 cm³/mol. The van der Waals surface area contributed by atoms with Gasteiger partial charge < -0.3 is 5.32 Å². The van der Waals surface area contributed by atoms with E-state index in [9.17, 15) is 4.79 Å². The SMILES string of the molecule is O=C(NC(C1CC1)C1CC1)C1CC1. The van der Waals surface area contributed by atoms with Gasteiger partial charge in [0, 0.05) is 12.0 Å².